The first-order chi connectivity index (χ1) is 6.40. The molecule has 0 spiro atoms. The van der Waals surface area contributed by atoms with Gasteiger partial charge in [0.1, 0.15) is 0 Å². The van der Waals surface area contributed by atoms with Crippen LogP contribution in [0.3, 0.4) is 0 Å². The SMILES string of the molecule is CCOC(C)C(CCC(F)(F)F)NN. The van der Waals surface area contributed by atoms with E-state index in [0.717, 1.165) is 0 Å². The van der Waals surface area contributed by atoms with Crippen LogP contribution in [0, 0.1) is 0 Å². The van der Waals surface area contributed by atoms with Crippen LogP contribution >= 0.6 is 0 Å². The number of ether oxygens (including phenoxy) is 1. The third-order valence-electron chi connectivity index (χ3n) is 1.95. The predicted octanol–water partition coefficient (Wildman–Crippen LogP) is 1.59. The van der Waals surface area contributed by atoms with Gasteiger partial charge < -0.3 is 4.74 Å². The minimum absolute atomic E-state index is 0.0683. The molecule has 0 aliphatic heterocycles. The van der Waals surface area contributed by atoms with Crippen LogP contribution in [-0.4, -0.2) is 24.9 Å². The fourth-order valence-corrected chi connectivity index (χ4v) is 1.15. The Hall–Kier alpha value is -0.330. The highest BCUT2D eigenvalue weighted by Crippen LogP contribution is 2.23. The van der Waals surface area contributed by atoms with Crippen molar-refractivity contribution in [1.82, 2.24) is 5.43 Å². The van der Waals surface area contributed by atoms with E-state index in [9.17, 15) is 13.2 Å². The molecule has 0 aliphatic rings. The Morgan fingerprint density at radius 1 is 1.43 bits per heavy atom. The molecule has 0 amide bonds. The number of nitrogens with two attached hydrogens (primary N) is 1. The number of alkyl halides is 3. The number of hydrogen-bond acceptors (Lipinski definition) is 3. The van der Waals surface area contributed by atoms with E-state index >= 15 is 0 Å². The van der Waals surface area contributed by atoms with Crippen molar-refractivity contribution < 1.29 is 17.9 Å². The first kappa shape index (κ1) is 13.7. The second kappa shape index (κ2) is 6.21. The van der Waals surface area contributed by atoms with Gasteiger partial charge in [-0.25, -0.2) is 0 Å². The number of hydrazine groups is 1. The maximum atomic E-state index is 11.9. The van der Waals surface area contributed by atoms with Crippen LogP contribution in [-0.2, 0) is 4.74 Å². The van der Waals surface area contributed by atoms with Crippen LogP contribution in [0.4, 0.5) is 13.2 Å². The lowest BCUT2D eigenvalue weighted by atomic mass is 10.1. The highest BCUT2D eigenvalue weighted by atomic mass is 19.4. The molecule has 2 atom stereocenters. The molecule has 0 rings (SSSR count). The minimum Gasteiger partial charge on any atom is -0.377 e. The quantitative estimate of drug-likeness (QED) is 0.521. The van der Waals surface area contributed by atoms with Gasteiger partial charge in [-0.15, -0.1) is 0 Å². The molecule has 0 aromatic carbocycles. The summed E-state index contributed by atoms with van der Waals surface area (Å²) in [5.41, 5.74) is 2.33. The van der Waals surface area contributed by atoms with Gasteiger partial charge in [-0.3, -0.25) is 11.3 Å². The van der Waals surface area contributed by atoms with E-state index in [1.165, 1.54) is 0 Å². The zero-order valence-electron chi connectivity index (χ0n) is 8.40. The number of rotatable bonds is 6. The first-order valence-electron chi connectivity index (χ1n) is 4.55. The Labute approximate surface area is 81.8 Å². The lowest BCUT2D eigenvalue weighted by Crippen LogP contribution is -2.44. The smallest absolute Gasteiger partial charge is 0.377 e. The molecular weight excluding hydrogens is 197 g/mol. The normalized spacial score (nSPS) is 16.7. The Bertz CT molecular complexity index is 152. The summed E-state index contributed by atoms with van der Waals surface area (Å²) in [4.78, 5) is 0. The van der Waals surface area contributed by atoms with Gasteiger partial charge in [-0.2, -0.15) is 13.2 Å². The lowest BCUT2D eigenvalue weighted by molar-refractivity contribution is -0.138. The van der Waals surface area contributed by atoms with E-state index in [4.69, 9.17) is 10.6 Å². The lowest BCUT2D eigenvalue weighted by Gasteiger charge is -2.23. The van der Waals surface area contributed by atoms with Crippen molar-refractivity contribution in [2.75, 3.05) is 6.61 Å². The largest absolute Gasteiger partial charge is 0.389 e. The summed E-state index contributed by atoms with van der Waals surface area (Å²) in [6.45, 7) is 3.95. The van der Waals surface area contributed by atoms with E-state index < -0.39 is 18.6 Å². The maximum absolute atomic E-state index is 11.9. The van der Waals surface area contributed by atoms with Gasteiger partial charge in [0.25, 0.3) is 0 Å². The van der Waals surface area contributed by atoms with E-state index in [0.29, 0.717) is 6.61 Å². The van der Waals surface area contributed by atoms with Crippen molar-refractivity contribution in [2.24, 2.45) is 5.84 Å². The fraction of sp³-hybridized carbons (Fsp3) is 1.00. The molecule has 0 radical (unpaired) electrons. The summed E-state index contributed by atoms with van der Waals surface area (Å²) in [5, 5.41) is 0. The topological polar surface area (TPSA) is 47.3 Å². The third kappa shape index (κ3) is 6.17. The average molecular weight is 214 g/mol. The first-order valence-corrected chi connectivity index (χ1v) is 4.55. The van der Waals surface area contributed by atoms with Crippen molar-refractivity contribution in [3.63, 3.8) is 0 Å². The summed E-state index contributed by atoms with van der Waals surface area (Å²) in [6.07, 6.45) is -5.37. The fourth-order valence-electron chi connectivity index (χ4n) is 1.15. The molecule has 3 N–H and O–H groups in total. The van der Waals surface area contributed by atoms with Crippen LogP contribution in [0.25, 0.3) is 0 Å². The van der Waals surface area contributed by atoms with Crippen LogP contribution < -0.4 is 11.3 Å². The molecule has 0 saturated carbocycles. The van der Waals surface area contributed by atoms with Gasteiger partial charge in [0.15, 0.2) is 0 Å². The standard InChI is InChI=1S/C8H17F3N2O/c1-3-14-6(2)7(13-12)4-5-8(9,10)11/h6-7,13H,3-5,12H2,1-2H3. The molecule has 0 aromatic heterocycles. The Morgan fingerprint density at radius 3 is 2.36 bits per heavy atom. The second-order valence-electron chi connectivity index (χ2n) is 3.09. The molecule has 0 heterocycles. The Morgan fingerprint density at radius 2 is 2.00 bits per heavy atom. The zero-order valence-corrected chi connectivity index (χ0v) is 8.40. The van der Waals surface area contributed by atoms with Gasteiger partial charge in [-0.05, 0) is 20.3 Å². The van der Waals surface area contributed by atoms with Crippen LogP contribution in [0.15, 0.2) is 0 Å². The van der Waals surface area contributed by atoms with Crippen molar-refractivity contribution in [2.45, 2.75) is 45.0 Å². The van der Waals surface area contributed by atoms with Gasteiger partial charge in [0, 0.05) is 19.1 Å². The summed E-state index contributed by atoms with van der Waals surface area (Å²) in [5.74, 6) is 5.14. The highest BCUT2D eigenvalue weighted by Gasteiger charge is 2.29. The summed E-state index contributed by atoms with van der Waals surface area (Å²) < 4.78 is 40.8. The van der Waals surface area contributed by atoms with Gasteiger partial charge in [-0.1, -0.05) is 0 Å². The molecule has 0 saturated heterocycles. The van der Waals surface area contributed by atoms with Crippen LogP contribution in [0.5, 0.6) is 0 Å². The summed E-state index contributed by atoms with van der Waals surface area (Å²) in [6, 6.07) is -0.462. The molecule has 0 aromatic rings. The van der Waals surface area contributed by atoms with Crippen molar-refractivity contribution in [1.29, 1.82) is 0 Å². The molecule has 86 valence electrons. The van der Waals surface area contributed by atoms with Crippen molar-refractivity contribution >= 4 is 0 Å². The molecular formula is C8H17F3N2O. The molecule has 6 heteroatoms. The van der Waals surface area contributed by atoms with Gasteiger partial charge >= 0.3 is 6.18 Å². The summed E-state index contributed by atoms with van der Waals surface area (Å²) in [7, 11) is 0. The van der Waals surface area contributed by atoms with E-state index in [1.54, 1.807) is 13.8 Å². The van der Waals surface area contributed by atoms with Crippen molar-refractivity contribution in [3.05, 3.63) is 0 Å². The minimum atomic E-state index is -4.14. The van der Waals surface area contributed by atoms with E-state index in [-0.39, 0.29) is 12.5 Å². The van der Waals surface area contributed by atoms with Crippen LogP contribution in [0.1, 0.15) is 26.7 Å². The monoisotopic (exact) mass is 214 g/mol. The highest BCUT2D eigenvalue weighted by molar-refractivity contribution is 4.72. The number of hydrogen-bond donors (Lipinski definition) is 2. The average Bonchev–Trinajstić information content (AvgIpc) is 2.03. The van der Waals surface area contributed by atoms with Crippen molar-refractivity contribution in [3.8, 4) is 0 Å². The molecule has 14 heavy (non-hydrogen) atoms. The predicted molar refractivity (Wildman–Crippen MR) is 47.5 cm³/mol. The van der Waals surface area contributed by atoms with Crippen LogP contribution in [0.2, 0.25) is 0 Å². The Kier molecular flexibility index (Phi) is 6.06. The molecule has 3 nitrogen and oxygen atoms in total. The van der Waals surface area contributed by atoms with E-state index in [1.807, 2.05) is 0 Å². The number of nitrogens with one attached hydrogen (secondary N) is 1. The third-order valence-corrected chi connectivity index (χ3v) is 1.95. The number of halogens is 3. The molecule has 2 unspecified atom stereocenters. The Balaban J connectivity index is 3.90. The molecule has 0 fully saturated rings. The maximum Gasteiger partial charge on any atom is 0.389 e. The molecule has 0 aliphatic carbocycles. The van der Waals surface area contributed by atoms with E-state index in [2.05, 4.69) is 5.43 Å². The zero-order chi connectivity index (χ0) is 11.2. The van der Waals surface area contributed by atoms with Gasteiger partial charge in [0.2, 0.25) is 0 Å². The van der Waals surface area contributed by atoms with Gasteiger partial charge in [0.05, 0.1) is 6.10 Å². The second-order valence-corrected chi connectivity index (χ2v) is 3.09. The molecule has 0 bridgehead atoms. The summed E-state index contributed by atoms with van der Waals surface area (Å²) >= 11 is 0.